The van der Waals surface area contributed by atoms with E-state index in [-0.39, 0.29) is 17.7 Å². The molecule has 1 aromatic heterocycles. The van der Waals surface area contributed by atoms with Crippen LogP contribution in [-0.2, 0) is 6.42 Å². The minimum Gasteiger partial charge on any atom is -0.396 e. The number of aliphatic hydroxyl groups excluding tert-OH is 1. The maximum absolute atomic E-state index is 10.4. The summed E-state index contributed by atoms with van der Waals surface area (Å²) < 4.78 is 0. The first-order valence-electron chi connectivity index (χ1n) is 4.65. The second kappa shape index (κ2) is 4.35. The molecule has 0 aromatic carbocycles. The Hall–Kier alpha value is -1.49. The van der Waals surface area contributed by atoms with Crippen molar-refractivity contribution in [2.45, 2.75) is 20.3 Å². The van der Waals surface area contributed by atoms with E-state index in [1.807, 2.05) is 13.8 Å². The van der Waals surface area contributed by atoms with E-state index >= 15 is 0 Å². The Balaban J connectivity index is 2.77. The Labute approximate surface area is 87.9 Å². The molecular formula is C10H14N2O3. The first-order chi connectivity index (χ1) is 6.94. The largest absolute Gasteiger partial charge is 0.396 e. The lowest BCUT2D eigenvalue weighted by molar-refractivity contribution is -0.385. The first kappa shape index (κ1) is 11.6. The van der Waals surface area contributed by atoms with Crippen LogP contribution in [0.2, 0.25) is 0 Å². The third kappa shape index (κ3) is 3.28. The summed E-state index contributed by atoms with van der Waals surface area (Å²) in [5, 5.41) is 19.4. The van der Waals surface area contributed by atoms with Crippen LogP contribution in [0.25, 0.3) is 0 Å². The molecule has 1 aromatic rings. The van der Waals surface area contributed by atoms with Crippen molar-refractivity contribution in [1.29, 1.82) is 0 Å². The normalized spacial score (nSPS) is 11.4. The highest BCUT2D eigenvalue weighted by atomic mass is 16.6. The van der Waals surface area contributed by atoms with Gasteiger partial charge in [-0.3, -0.25) is 15.1 Å². The lowest BCUT2D eigenvalue weighted by atomic mass is 9.89. The van der Waals surface area contributed by atoms with E-state index in [2.05, 4.69) is 4.98 Å². The van der Waals surface area contributed by atoms with Crippen LogP contribution >= 0.6 is 0 Å². The van der Waals surface area contributed by atoms with Gasteiger partial charge in [-0.15, -0.1) is 0 Å². The van der Waals surface area contributed by atoms with Crippen molar-refractivity contribution < 1.29 is 10.0 Å². The van der Waals surface area contributed by atoms with E-state index in [4.69, 9.17) is 5.11 Å². The van der Waals surface area contributed by atoms with Gasteiger partial charge in [0.15, 0.2) is 0 Å². The van der Waals surface area contributed by atoms with Crippen LogP contribution in [0.5, 0.6) is 0 Å². The van der Waals surface area contributed by atoms with Gasteiger partial charge in [0.05, 0.1) is 4.92 Å². The molecule has 15 heavy (non-hydrogen) atoms. The van der Waals surface area contributed by atoms with Gasteiger partial charge < -0.3 is 5.11 Å². The Bertz CT molecular complexity index is 346. The molecule has 82 valence electrons. The van der Waals surface area contributed by atoms with E-state index in [0.717, 1.165) is 5.69 Å². The molecule has 0 fully saturated rings. The Morgan fingerprint density at radius 3 is 2.60 bits per heavy atom. The van der Waals surface area contributed by atoms with Gasteiger partial charge in [-0.25, -0.2) is 0 Å². The number of hydrogen-bond acceptors (Lipinski definition) is 4. The summed E-state index contributed by atoms with van der Waals surface area (Å²) in [6, 6.07) is 3.05. The van der Waals surface area contributed by atoms with Crippen LogP contribution in [0.4, 0.5) is 5.69 Å². The molecule has 0 amide bonds. The van der Waals surface area contributed by atoms with Crippen molar-refractivity contribution in [1.82, 2.24) is 4.98 Å². The highest BCUT2D eigenvalue weighted by Gasteiger charge is 2.18. The molecule has 0 bridgehead atoms. The molecule has 0 saturated heterocycles. The Morgan fingerprint density at radius 1 is 1.53 bits per heavy atom. The number of pyridine rings is 1. The highest BCUT2D eigenvalue weighted by molar-refractivity contribution is 5.27. The lowest BCUT2D eigenvalue weighted by Crippen LogP contribution is -2.20. The number of nitrogens with zero attached hydrogens (tertiary/aromatic N) is 2. The SMILES string of the molecule is CC(C)(CO)Cc1ccc([N+](=O)[O-])cn1. The summed E-state index contributed by atoms with van der Waals surface area (Å²) in [6.45, 7) is 3.89. The molecule has 5 nitrogen and oxygen atoms in total. The molecular weight excluding hydrogens is 196 g/mol. The third-order valence-corrected chi connectivity index (χ3v) is 2.11. The van der Waals surface area contributed by atoms with Crippen molar-refractivity contribution in [3.05, 3.63) is 34.1 Å². The zero-order valence-corrected chi connectivity index (χ0v) is 8.80. The lowest BCUT2D eigenvalue weighted by Gasteiger charge is -2.20. The van der Waals surface area contributed by atoms with E-state index < -0.39 is 4.92 Å². The van der Waals surface area contributed by atoms with Crippen molar-refractivity contribution in [2.24, 2.45) is 5.41 Å². The topological polar surface area (TPSA) is 76.3 Å². The van der Waals surface area contributed by atoms with Crippen molar-refractivity contribution >= 4 is 5.69 Å². The molecule has 0 unspecified atom stereocenters. The summed E-state index contributed by atoms with van der Waals surface area (Å²) in [4.78, 5) is 13.9. The summed E-state index contributed by atoms with van der Waals surface area (Å²) in [7, 11) is 0. The quantitative estimate of drug-likeness (QED) is 0.604. The average Bonchev–Trinajstić information content (AvgIpc) is 2.18. The zero-order chi connectivity index (χ0) is 11.5. The van der Waals surface area contributed by atoms with Crippen LogP contribution in [0.1, 0.15) is 19.5 Å². The predicted molar refractivity (Wildman–Crippen MR) is 55.5 cm³/mol. The van der Waals surface area contributed by atoms with Crippen molar-refractivity contribution in [3.63, 3.8) is 0 Å². The fraction of sp³-hybridized carbons (Fsp3) is 0.500. The van der Waals surface area contributed by atoms with E-state index in [1.165, 1.54) is 12.3 Å². The van der Waals surface area contributed by atoms with Gasteiger partial charge in [-0.2, -0.15) is 0 Å². The van der Waals surface area contributed by atoms with E-state index in [9.17, 15) is 10.1 Å². The predicted octanol–water partition coefficient (Wildman–Crippen LogP) is 1.55. The van der Waals surface area contributed by atoms with Crippen LogP contribution in [0, 0.1) is 15.5 Å². The molecule has 0 aliphatic heterocycles. The molecule has 0 aliphatic rings. The van der Waals surface area contributed by atoms with E-state index in [1.54, 1.807) is 6.07 Å². The van der Waals surface area contributed by atoms with Crippen molar-refractivity contribution in [3.8, 4) is 0 Å². The molecule has 1 rings (SSSR count). The molecule has 1 heterocycles. The van der Waals surface area contributed by atoms with Gasteiger partial charge in [0.2, 0.25) is 0 Å². The molecule has 0 atom stereocenters. The molecule has 0 saturated carbocycles. The summed E-state index contributed by atoms with van der Waals surface area (Å²) in [5.74, 6) is 0. The Kier molecular flexibility index (Phi) is 3.36. The molecule has 5 heteroatoms. The fourth-order valence-corrected chi connectivity index (χ4v) is 1.18. The summed E-state index contributed by atoms with van der Waals surface area (Å²) in [6.07, 6.45) is 1.84. The third-order valence-electron chi connectivity index (χ3n) is 2.11. The number of rotatable bonds is 4. The number of nitro groups is 1. The minimum atomic E-state index is -0.478. The average molecular weight is 210 g/mol. The molecule has 0 spiro atoms. The number of hydrogen-bond donors (Lipinski definition) is 1. The molecule has 0 aliphatic carbocycles. The second-order valence-corrected chi connectivity index (χ2v) is 4.26. The van der Waals surface area contributed by atoms with Gasteiger partial charge in [-0.05, 0) is 17.9 Å². The fourth-order valence-electron chi connectivity index (χ4n) is 1.18. The standard InChI is InChI=1S/C10H14N2O3/c1-10(2,7-13)5-8-3-4-9(6-11-8)12(14)15/h3-4,6,13H,5,7H2,1-2H3. The minimum absolute atomic E-state index is 0.0134. The molecule has 1 N–H and O–H groups in total. The number of aromatic nitrogens is 1. The first-order valence-corrected chi connectivity index (χ1v) is 4.65. The van der Waals surface area contributed by atoms with Crippen LogP contribution in [0.15, 0.2) is 18.3 Å². The molecule has 0 radical (unpaired) electrons. The van der Waals surface area contributed by atoms with Gasteiger partial charge >= 0.3 is 0 Å². The van der Waals surface area contributed by atoms with Crippen LogP contribution in [-0.4, -0.2) is 21.6 Å². The maximum Gasteiger partial charge on any atom is 0.287 e. The van der Waals surface area contributed by atoms with Crippen LogP contribution in [0.3, 0.4) is 0 Å². The highest BCUT2D eigenvalue weighted by Crippen LogP contribution is 2.20. The van der Waals surface area contributed by atoms with Crippen molar-refractivity contribution in [2.75, 3.05) is 6.61 Å². The smallest absolute Gasteiger partial charge is 0.287 e. The van der Waals surface area contributed by atoms with E-state index in [0.29, 0.717) is 6.42 Å². The second-order valence-electron chi connectivity index (χ2n) is 4.26. The summed E-state index contributed by atoms with van der Waals surface area (Å²) >= 11 is 0. The van der Waals surface area contributed by atoms with Gasteiger partial charge in [0.25, 0.3) is 5.69 Å². The van der Waals surface area contributed by atoms with Gasteiger partial charge in [-0.1, -0.05) is 13.8 Å². The monoisotopic (exact) mass is 210 g/mol. The number of aliphatic hydroxyl groups is 1. The zero-order valence-electron chi connectivity index (χ0n) is 8.80. The summed E-state index contributed by atoms with van der Waals surface area (Å²) in [5.41, 5.74) is 0.489. The van der Waals surface area contributed by atoms with Crippen LogP contribution < -0.4 is 0 Å². The Morgan fingerprint density at radius 2 is 2.20 bits per heavy atom. The van der Waals surface area contributed by atoms with Gasteiger partial charge in [0, 0.05) is 18.4 Å². The van der Waals surface area contributed by atoms with Gasteiger partial charge in [0.1, 0.15) is 6.20 Å². The maximum atomic E-state index is 10.4.